The number of alkyl halides is 1. The summed E-state index contributed by atoms with van der Waals surface area (Å²) in [6.45, 7) is 0.476. The minimum atomic E-state index is 0.465. The maximum atomic E-state index is 5.65. The smallest absolute Gasteiger partial charge is 0.139 e. The molecule has 0 saturated heterocycles. The summed E-state index contributed by atoms with van der Waals surface area (Å²) in [7, 11) is 0. The molecule has 0 spiro atoms. The Bertz CT molecular complexity index is 229. The highest BCUT2D eigenvalue weighted by Crippen LogP contribution is 2.14. The Balaban J connectivity index is 2.56. The molecular formula is C7H7Cl2NO. The van der Waals surface area contributed by atoms with E-state index in [2.05, 4.69) is 4.98 Å². The number of ether oxygens (including phenoxy) is 1. The Hall–Kier alpha value is -0.470. The van der Waals surface area contributed by atoms with E-state index in [4.69, 9.17) is 27.9 Å². The fraction of sp³-hybridized carbons (Fsp3) is 0.286. The van der Waals surface area contributed by atoms with Crippen molar-refractivity contribution in [2.75, 3.05) is 12.5 Å². The molecule has 1 aromatic rings. The fourth-order valence-corrected chi connectivity index (χ4v) is 0.869. The first-order valence-electron chi connectivity index (χ1n) is 3.12. The van der Waals surface area contributed by atoms with E-state index in [1.165, 1.54) is 0 Å². The van der Waals surface area contributed by atoms with Crippen molar-refractivity contribution in [1.82, 2.24) is 4.98 Å². The number of nitrogens with zero attached hydrogens (tertiary/aromatic N) is 1. The molecule has 0 N–H and O–H groups in total. The van der Waals surface area contributed by atoms with Gasteiger partial charge in [-0.1, -0.05) is 11.6 Å². The van der Waals surface area contributed by atoms with Crippen LogP contribution in [0.5, 0.6) is 5.75 Å². The second-order valence-corrected chi connectivity index (χ2v) is 2.69. The first-order valence-corrected chi connectivity index (χ1v) is 4.03. The summed E-state index contributed by atoms with van der Waals surface area (Å²) in [5, 5.41) is 0.567. The first kappa shape index (κ1) is 8.62. The number of aromatic nitrogens is 1. The molecule has 0 saturated carbocycles. The molecule has 0 bridgehead atoms. The van der Waals surface area contributed by atoms with E-state index in [-0.39, 0.29) is 0 Å². The van der Waals surface area contributed by atoms with Gasteiger partial charge < -0.3 is 4.74 Å². The van der Waals surface area contributed by atoms with E-state index in [9.17, 15) is 0 Å². The van der Waals surface area contributed by atoms with Crippen LogP contribution in [0.4, 0.5) is 0 Å². The molecule has 2 nitrogen and oxygen atoms in total. The predicted molar refractivity (Wildman–Crippen MR) is 45.5 cm³/mol. The van der Waals surface area contributed by atoms with Crippen LogP contribution in [-0.4, -0.2) is 17.5 Å². The number of hydrogen-bond acceptors (Lipinski definition) is 2. The van der Waals surface area contributed by atoms with Crippen LogP contribution in [0.15, 0.2) is 18.5 Å². The van der Waals surface area contributed by atoms with Gasteiger partial charge in [0, 0.05) is 12.3 Å². The zero-order valence-electron chi connectivity index (χ0n) is 5.76. The summed E-state index contributed by atoms with van der Waals surface area (Å²) in [5.41, 5.74) is 0. The molecular weight excluding hydrogens is 185 g/mol. The van der Waals surface area contributed by atoms with Gasteiger partial charge in [0.05, 0.1) is 17.1 Å². The van der Waals surface area contributed by atoms with E-state index in [1.807, 2.05) is 0 Å². The van der Waals surface area contributed by atoms with Crippen LogP contribution >= 0.6 is 23.2 Å². The number of rotatable bonds is 3. The molecule has 0 unspecified atom stereocenters. The lowest BCUT2D eigenvalue weighted by Crippen LogP contribution is -1.97. The number of hydrogen-bond donors (Lipinski definition) is 0. The van der Waals surface area contributed by atoms with Gasteiger partial charge in [0.2, 0.25) is 0 Å². The van der Waals surface area contributed by atoms with Crippen molar-refractivity contribution in [3.8, 4) is 5.75 Å². The number of halogens is 2. The molecule has 0 amide bonds. The van der Waals surface area contributed by atoms with Gasteiger partial charge in [0.15, 0.2) is 0 Å². The Kier molecular flexibility index (Phi) is 3.46. The highest BCUT2D eigenvalue weighted by Gasteiger charge is 1.93. The third-order valence-electron chi connectivity index (χ3n) is 1.03. The van der Waals surface area contributed by atoms with E-state index < -0.39 is 0 Å². The largest absolute Gasteiger partial charge is 0.491 e. The molecule has 1 rings (SSSR count). The predicted octanol–water partition coefficient (Wildman–Crippen LogP) is 2.35. The van der Waals surface area contributed by atoms with Crippen molar-refractivity contribution < 1.29 is 4.74 Å². The summed E-state index contributed by atoms with van der Waals surface area (Å²) in [4.78, 5) is 3.84. The number of pyridine rings is 1. The zero-order valence-corrected chi connectivity index (χ0v) is 7.27. The second-order valence-electron chi connectivity index (χ2n) is 1.88. The Morgan fingerprint density at radius 3 is 2.91 bits per heavy atom. The van der Waals surface area contributed by atoms with Gasteiger partial charge in [0.1, 0.15) is 12.4 Å². The highest BCUT2D eigenvalue weighted by molar-refractivity contribution is 6.30. The average molecular weight is 192 g/mol. The molecule has 1 aromatic heterocycles. The van der Waals surface area contributed by atoms with Gasteiger partial charge >= 0.3 is 0 Å². The topological polar surface area (TPSA) is 22.1 Å². The van der Waals surface area contributed by atoms with Crippen molar-refractivity contribution in [2.45, 2.75) is 0 Å². The highest BCUT2D eigenvalue weighted by atomic mass is 35.5. The van der Waals surface area contributed by atoms with Crippen LogP contribution in [0.1, 0.15) is 0 Å². The fourth-order valence-electron chi connectivity index (χ4n) is 0.628. The lowest BCUT2D eigenvalue weighted by molar-refractivity contribution is 0.341. The molecule has 0 aliphatic heterocycles. The normalized spacial score (nSPS) is 9.64. The Morgan fingerprint density at radius 1 is 1.45 bits per heavy atom. The van der Waals surface area contributed by atoms with Crippen LogP contribution in [-0.2, 0) is 0 Å². The van der Waals surface area contributed by atoms with Crippen LogP contribution < -0.4 is 4.74 Å². The minimum absolute atomic E-state index is 0.465. The third kappa shape index (κ3) is 2.95. The van der Waals surface area contributed by atoms with Gasteiger partial charge in [0.25, 0.3) is 0 Å². The van der Waals surface area contributed by atoms with Crippen LogP contribution in [0.25, 0.3) is 0 Å². The van der Waals surface area contributed by atoms with E-state index in [1.54, 1.807) is 18.5 Å². The van der Waals surface area contributed by atoms with Gasteiger partial charge in [-0.2, -0.15) is 0 Å². The van der Waals surface area contributed by atoms with Gasteiger partial charge in [-0.15, -0.1) is 11.6 Å². The molecule has 60 valence electrons. The first-order chi connectivity index (χ1) is 5.33. The van der Waals surface area contributed by atoms with E-state index in [0.717, 1.165) is 0 Å². The summed E-state index contributed by atoms with van der Waals surface area (Å²) in [6, 6.07) is 1.70. The second kappa shape index (κ2) is 4.42. The van der Waals surface area contributed by atoms with Crippen molar-refractivity contribution >= 4 is 23.2 Å². The molecule has 0 atom stereocenters. The lowest BCUT2D eigenvalue weighted by Gasteiger charge is -2.01. The van der Waals surface area contributed by atoms with Crippen LogP contribution in [0.2, 0.25) is 5.02 Å². The zero-order chi connectivity index (χ0) is 8.10. The van der Waals surface area contributed by atoms with Gasteiger partial charge in [-0.05, 0) is 0 Å². The molecule has 0 aromatic carbocycles. The average Bonchev–Trinajstić information content (AvgIpc) is 2.01. The lowest BCUT2D eigenvalue weighted by atomic mass is 10.5. The van der Waals surface area contributed by atoms with Crippen molar-refractivity contribution in [3.63, 3.8) is 0 Å². The molecule has 0 radical (unpaired) electrons. The SMILES string of the molecule is ClCCOc1cncc(Cl)c1. The molecule has 4 heteroatoms. The van der Waals surface area contributed by atoms with Gasteiger partial charge in [-0.3, -0.25) is 4.98 Å². The summed E-state index contributed by atoms with van der Waals surface area (Å²) in [6.07, 6.45) is 3.15. The molecule has 0 fully saturated rings. The molecule has 1 heterocycles. The summed E-state index contributed by atoms with van der Waals surface area (Å²) < 4.78 is 5.16. The van der Waals surface area contributed by atoms with E-state index in [0.29, 0.717) is 23.3 Å². The quantitative estimate of drug-likeness (QED) is 0.685. The van der Waals surface area contributed by atoms with Crippen molar-refractivity contribution in [1.29, 1.82) is 0 Å². The summed E-state index contributed by atoms with van der Waals surface area (Å²) >= 11 is 11.1. The third-order valence-corrected chi connectivity index (χ3v) is 1.39. The maximum Gasteiger partial charge on any atom is 0.139 e. The molecule has 11 heavy (non-hydrogen) atoms. The molecule has 0 aliphatic rings. The van der Waals surface area contributed by atoms with Crippen LogP contribution in [0.3, 0.4) is 0 Å². The van der Waals surface area contributed by atoms with Crippen molar-refractivity contribution in [3.05, 3.63) is 23.5 Å². The standard InChI is InChI=1S/C7H7Cl2NO/c8-1-2-11-7-3-6(9)4-10-5-7/h3-5H,1-2H2. The maximum absolute atomic E-state index is 5.65. The minimum Gasteiger partial charge on any atom is -0.491 e. The van der Waals surface area contributed by atoms with Crippen LogP contribution in [0, 0.1) is 0 Å². The Morgan fingerprint density at radius 2 is 2.27 bits per heavy atom. The molecule has 0 aliphatic carbocycles. The van der Waals surface area contributed by atoms with E-state index >= 15 is 0 Å². The summed E-state index contributed by atoms with van der Waals surface area (Å²) in [5.74, 6) is 1.12. The Labute approximate surface area is 75.1 Å². The van der Waals surface area contributed by atoms with Gasteiger partial charge in [-0.25, -0.2) is 0 Å². The monoisotopic (exact) mass is 191 g/mol. The van der Waals surface area contributed by atoms with Crippen molar-refractivity contribution in [2.24, 2.45) is 0 Å².